The van der Waals surface area contributed by atoms with Crippen molar-refractivity contribution in [2.45, 2.75) is 83.5 Å². The molecular weight excluding hydrogens is 310 g/mol. The average molecular weight is 341 g/mol. The van der Waals surface area contributed by atoms with E-state index in [9.17, 15) is 19.8 Å². The van der Waals surface area contributed by atoms with Gasteiger partial charge in [0.05, 0.1) is 17.1 Å². The smallest absolute Gasteiger partial charge is 0.417 e. The maximum absolute atomic E-state index is 12.9. The standard InChI is InChI=1S/C18H31NO5/c1-16(2,3)24-15(22)19-14(21)13(17(4,5)23)10-18(19)8-6-12(11-20)7-9-18/h12-13,20,23H,6-11H2,1-5H3/t12-,13?,18-. The van der Waals surface area contributed by atoms with E-state index in [-0.39, 0.29) is 18.4 Å². The molecule has 138 valence electrons. The topological polar surface area (TPSA) is 87.1 Å². The number of imide groups is 1. The summed E-state index contributed by atoms with van der Waals surface area (Å²) in [5, 5.41) is 19.8. The Morgan fingerprint density at radius 2 is 1.79 bits per heavy atom. The lowest BCUT2D eigenvalue weighted by Crippen LogP contribution is -2.53. The number of carbonyl (C=O) groups is 2. The van der Waals surface area contributed by atoms with Gasteiger partial charge in [-0.1, -0.05) is 0 Å². The summed E-state index contributed by atoms with van der Waals surface area (Å²) in [7, 11) is 0. The van der Waals surface area contributed by atoms with Crippen LogP contribution in [-0.2, 0) is 9.53 Å². The van der Waals surface area contributed by atoms with Crippen LogP contribution < -0.4 is 0 Å². The first-order valence-corrected chi connectivity index (χ1v) is 8.80. The molecular formula is C18H31NO5. The Morgan fingerprint density at radius 3 is 2.21 bits per heavy atom. The number of rotatable bonds is 2. The summed E-state index contributed by atoms with van der Waals surface area (Å²) in [5.74, 6) is -0.748. The molecule has 6 nitrogen and oxygen atoms in total. The molecule has 1 heterocycles. The number of likely N-dealkylation sites (tertiary alicyclic amines) is 1. The lowest BCUT2D eigenvalue weighted by atomic mass is 9.72. The quantitative estimate of drug-likeness (QED) is 0.805. The third-order valence-corrected chi connectivity index (χ3v) is 5.30. The number of nitrogens with zero attached hydrogens (tertiary/aromatic N) is 1. The van der Waals surface area contributed by atoms with Gasteiger partial charge in [-0.15, -0.1) is 0 Å². The second-order valence-corrected chi connectivity index (χ2v) is 8.91. The van der Waals surface area contributed by atoms with E-state index in [1.165, 1.54) is 4.90 Å². The molecule has 0 aromatic rings. The Labute approximate surface area is 144 Å². The van der Waals surface area contributed by atoms with E-state index in [1.54, 1.807) is 34.6 Å². The van der Waals surface area contributed by atoms with Crippen molar-refractivity contribution in [3.63, 3.8) is 0 Å². The highest BCUT2D eigenvalue weighted by Gasteiger charge is 2.58. The van der Waals surface area contributed by atoms with Gasteiger partial charge in [-0.3, -0.25) is 4.79 Å². The van der Waals surface area contributed by atoms with Crippen LogP contribution in [0.15, 0.2) is 0 Å². The number of hydrogen-bond acceptors (Lipinski definition) is 5. The van der Waals surface area contributed by atoms with E-state index >= 15 is 0 Å². The van der Waals surface area contributed by atoms with Crippen molar-refractivity contribution in [2.75, 3.05) is 6.61 Å². The zero-order chi connectivity index (χ0) is 18.3. The average Bonchev–Trinajstić information content (AvgIpc) is 2.71. The SMILES string of the molecule is CC(C)(C)OC(=O)N1C(=O)C(C(C)(C)O)C[C@]12CC[C@@H](CO)CC2. The molecule has 2 rings (SSSR count). The van der Waals surface area contributed by atoms with Gasteiger partial charge >= 0.3 is 6.09 Å². The lowest BCUT2D eigenvalue weighted by Gasteiger charge is -2.42. The maximum atomic E-state index is 12.9. The fourth-order valence-electron chi connectivity index (χ4n) is 3.92. The highest BCUT2D eigenvalue weighted by Crippen LogP contribution is 2.48. The van der Waals surface area contributed by atoms with Crippen LogP contribution in [-0.4, -0.2) is 50.5 Å². The fourth-order valence-corrected chi connectivity index (χ4v) is 3.92. The van der Waals surface area contributed by atoms with Crippen LogP contribution in [0.2, 0.25) is 0 Å². The Balaban J connectivity index is 2.32. The zero-order valence-corrected chi connectivity index (χ0v) is 15.5. The number of carbonyl (C=O) groups excluding carboxylic acids is 2. The van der Waals surface area contributed by atoms with Crippen molar-refractivity contribution in [1.82, 2.24) is 4.90 Å². The predicted molar refractivity (Wildman–Crippen MR) is 89.3 cm³/mol. The number of ether oxygens (including phenoxy) is 1. The van der Waals surface area contributed by atoms with E-state index < -0.39 is 28.8 Å². The first-order valence-electron chi connectivity index (χ1n) is 8.80. The van der Waals surface area contributed by atoms with E-state index in [4.69, 9.17) is 4.74 Å². The van der Waals surface area contributed by atoms with Crippen molar-refractivity contribution in [2.24, 2.45) is 11.8 Å². The molecule has 1 unspecified atom stereocenters. The minimum Gasteiger partial charge on any atom is -0.443 e. The van der Waals surface area contributed by atoms with Gasteiger partial charge in [0.15, 0.2) is 0 Å². The van der Waals surface area contributed by atoms with Crippen LogP contribution in [0.1, 0.15) is 66.7 Å². The van der Waals surface area contributed by atoms with E-state index in [0.29, 0.717) is 19.3 Å². The first-order chi connectivity index (χ1) is 10.9. The minimum absolute atomic E-state index is 0.130. The second-order valence-electron chi connectivity index (χ2n) is 8.91. The van der Waals surface area contributed by atoms with Crippen LogP contribution in [0.5, 0.6) is 0 Å². The third kappa shape index (κ3) is 3.75. The molecule has 24 heavy (non-hydrogen) atoms. The molecule has 1 aliphatic carbocycles. The molecule has 6 heteroatoms. The Morgan fingerprint density at radius 1 is 1.25 bits per heavy atom. The number of amides is 2. The molecule has 1 saturated carbocycles. The summed E-state index contributed by atoms with van der Waals surface area (Å²) in [5.41, 5.74) is -2.47. The van der Waals surface area contributed by atoms with Gasteiger partial charge in [-0.25, -0.2) is 9.69 Å². The minimum atomic E-state index is -1.19. The summed E-state index contributed by atoms with van der Waals surface area (Å²) in [6, 6.07) is 0. The Bertz CT molecular complexity index is 495. The molecule has 1 spiro atoms. The van der Waals surface area contributed by atoms with Gasteiger partial charge in [0.2, 0.25) is 5.91 Å². The van der Waals surface area contributed by atoms with Crippen molar-refractivity contribution in [3.05, 3.63) is 0 Å². The van der Waals surface area contributed by atoms with E-state index in [0.717, 1.165) is 12.8 Å². The van der Waals surface area contributed by atoms with Gasteiger partial charge in [0.1, 0.15) is 5.60 Å². The van der Waals surface area contributed by atoms with Gasteiger partial charge in [-0.05, 0) is 72.6 Å². The van der Waals surface area contributed by atoms with Gasteiger partial charge in [-0.2, -0.15) is 0 Å². The summed E-state index contributed by atoms with van der Waals surface area (Å²) in [4.78, 5) is 26.9. The summed E-state index contributed by atoms with van der Waals surface area (Å²) in [6.07, 6.45) is 2.66. The van der Waals surface area contributed by atoms with Crippen molar-refractivity contribution in [3.8, 4) is 0 Å². The Hall–Kier alpha value is -1.14. The van der Waals surface area contributed by atoms with Crippen molar-refractivity contribution in [1.29, 1.82) is 0 Å². The highest BCUT2D eigenvalue weighted by atomic mass is 16.6. The molecule has 0 radical (unpaired) electrons. The van der Waals surface area contributed by atoms with Crippen LogP contribution in [0.3, 0.4) is 0 Å². The summed E-state index contributed by atoms with van der Waals surface area (Å²) >= 11 is 0. The maximum Gasteiger partial charge on any atom is 0.417 e. The monoisotopic (exact) mass is 341 g/mol. The zero-order valence-electron chi connectivity index (χ0n) is 15.5. The molecule has 0 bridgehead atoms. The number of aliphatic hydroxyl groups excluding tert-OH is 1. The van der Waals surface area contributed by atoms with Gasteiger partial charge in [0, 0.05) is 6.61 Å². The highest BCUT2D eigenvalue weighted by molar-refractivity contribution is 5.97. The van der Waals surface area contributed by atoms with Crippen LogP contribution >= 0.6 is 0 Å². The fraction of sp³-hybridized carbons (Fsp3) is 0.889. The van der Waals surface area contributed by atoms with Crippen LogP contribution in [0, 0.1) is 11.8 Å². The molecule has 0 aromatic carbocycles. The van der Waals surface area contributed by atoms with E-state index in [2.05, 4.69) is 0 Å². The molecule has 2 amide bonds. The second kappa shape index (κ2) is 6.30. The van der Waals surface area contributed by atoms with Crippen LogP contribution in [0.25, 0.3) is 0 Å². The van der Waals surface area contributed by atoms with Crippen molar-refractivity contribution >= 4 is 12.0 Å². The Kier molecular flexibility index (Phi) is 5.04. The predicted octanol–water partition coefficient (Wildman–Crippen LogP) is 2.46. The van der Waals surface area contributed by atoms with Gasteiger partial charge in [0.25, 0.3) is 0 Å². The van der Waals surface area contributed by atoms with Crippen molar-refractivity contribution < 1.29 is 24.5 Å². The lowest BCUT2D eigenvalue weighted by molar-refractivity contribution is -0.138. The van der Waals surface area contributed by atoms with Gasteiger partial charge < -0.3 is 14.9 Å². The third-order valence-electron chi connectivity index (χ3n) is 5.30. The summed E-state index contributed by atoms with van der Waals surface area (Å²) < 4.78 is 5.47. The largest absolute Gasteiger partial charge is 0.443 e. The molecule has 1 saturated heterocycles. The van der Waals surface area contributed by atoms with Crippen LogP contribution in [0.4, 0.5) is 4.79 Å². The summed E-state index contributed by atoms with van der Waals surface area (Å²) in [6.45, 7) is 8.67. The van der Waals surface area contributed by atoms with E-state index in [1.807, 2.05) is 0 Å². The molecule has 2 aliphatic rings. The first kappa shape index (κ1) is 19.2. The molecule has 1 atom stereocenters. The molecule has 2 fully saturated rings. The number of hydrogen-bond donors (Lipinski definition) is 2. The number of aliphatic hydroxyl groups is 2. The molecule has 2 N–H and O–H groups in total. The normalized spacial score (nSPS) is 31.6. The molecule has 1 aliphatic heterocycles. The molecule has 0 aromatic heterocycles.